The molecule has 0 aliphatic carbocycles. The van der Waals surface area contributed by atoms with Crippen LogP contribution in [0.3, 0.4) is 0 Å². The third-order valence-corrected chi connectivity index (χ3v) is 4.00. The minimum atomic E-state index is -0.532. The van der Waals surface area contributed by atoms with E-state index in [0.717, 1.165) is 5.39 Å². The predicted octanol–water partition coefficient (Wildman–Crippen LogP) is 4.43. The zero-order chi connectivity index (χ0) is 17.3. The number of amides is 1. The molecule has 0 aliphatic heterocycles. The van der Waals surface area contributed by atoms with E-state index in [-0.39, 0.29) is 11.3 Å². The second-order valence-electron chi connectivity index (χ2n) is 5.16. The first-order valence-corrected chi connectivity index (χ1v) is 7.57. The van der Waals surface area contributed by atoms with Crippen LogP contribution in [0.25, 0.3) is 11.0 Å². The van der Waals surface area contributed by atoms with Crippen LogP contribution in [0, 0.1) is 6.92 Å². The largest absolute Gasteiger partial charge is 0.465 e. The minimum Gasteiger partial charge on any atom is -0.465 e. The van der Waals surface area contributed by atoms with Gasteiger partial charge in [-0.05, 0) is 25.1 Å². The Bertz CT molecular complexity index is 945. The van der Waals surface area contributed by atoms with Crippen LogP contribution in [0.2, 0.25) is 5.02 Å². The molecular weight excluding hydrogens is 330 g/mol. The van der Waals surface area contributed by atoms with E-state index >= 15 is 0 Å². The first-order valence-electron chi connectivity index (χ1n) is 7.19. The number of carbonyl (C=O) groups is 2. The molecule has 1 heterocycles. The number of para-hydroxylation sites is 2. The van der Waals surface area contributed by atoms with Gasteiger partial charge >= 0.3 is 5.97 Å². The van der Waals surface area contributed by atoms with E-state index in [1.165, 1.54) is 7.11 Å². The molecule has 3 aromatic rings. The maximum Gasteiger partial charge on any atom is 0.339 e. The average Bonchev–Trinajstić information content (AvgIpc) is 2.93. The number of nitrogens with one attached hydrogen (secondary N) is 1. The van der Waals surface area contributed by atoms with Crippen LogP contribution >= 0.6 is 11.6 Å². The molecular formula is C18H14ClNO4. The number of methoxy groups -OCH3 is 1. The summed E-state index contributed by atoms with van der Waals surface area (Å²) in [7, 11) is 1.28. The Kier molecular flexibility index (Phi) is 4.27. The van der Waals surface area contributed by atoms with Crippen molar-refractivity contribution in [3.8, 4) is 0 Å². The highest BCUT2D eigenvalue weighted by atomic mass is 35.5. The van der Waals surface area contributed by atoms with Crippen LogP contribution in [0.5, 0.6) is 0 Å². The molecule has 24 heavy (non-hydrogen) atoms. The molecule has 122 valence electrons. The van der Waals surface area contributed by atoms with E-state index in [4.69, 9.17) is 20.8 Å². The summed E-state index contributed by atoms with van der Waals surface area (Å²) in [5, 5.41) is 3.89. The SMILES string of the molecule is COC(=O)c1ccccc1NC(=O)c1oc2c(Cl)cccc2c1C. The molecule has 0 saturated heterocycles. The monoisotopic (exact) mass is 343 g/mol. The Morgan fingerprint density at radius 1 is 1.12 bits per heavy atom. The van der Waals surface area contributed by atoms with Crippen molar-refractivity contribution >= 4 is 40.1 Å². The second kappa shape index (κ2) is 6.37. The van der Waals surface area contributed by atoms with Gasteiger partial charge in [-0.15, -0.1) is 0 Å². The maximum absolute atomic E-state index is 12.6. The molecule has 0 fully saturated rings. The predicted molar refractivity (Wildman–Crippen MR) is 91.7 cm³/mol. The summed E-state index contributed by atoms with van der Waals surface area (Å²) in [5.74, 6) is -0.843. The number of benzene rings is 2. The van der Waals surface area contributed by atoms with E-state index in [0.29, 0.717) is 21.9 Å². The molecule has 0 aliphatic rings. The lowest BCUT2D eigenvalue weighted by Crippen LogP contribution is -2.15. The van der Waals surface area contributed by atoms with Crippen molar-refractivity contribution in [2.24, 2.45) is 0 Å². The number of hydrogen-bond donors (Lipinski definition) is 1. The Balaban J connectivity index is 1.99. The average molecular weight is 344 g/mol. The molecule has 2 aromatic carbocycles. The third kappa shape index (κ3) is 2.74. The lowest BCUT2D eigenvalue weighted by molar-refractivity contribution is 0.0602. The van der Waals surface area contributed by atoms with Crippen LogP contribution in [0.15, 0.2) is 46.9 Å². The third-order valence-electron chi connectivity index (χ3n) is 3.70. The van der Waals surface area contributed by atoms with Crippen molar-refractivity contribution in [3.63, 3.8) is 0 Å². The van der Waals surface area contributed by atoms with Gasteiger partial charge in [0.1, 0.15) is 0 Å². The summed E-state index contributed by atoms with van der Waals surface area (Å²) >= 11 is 6.11. The summed E-state index contributed by atoms with van der Waals surface area (Å²) in [5.41, 5.74) is 1.75. The second-order valence-corrected chi connectivity index (χ2v) is 5.57. The molecule has 0 bridgehead atoms. The van der Waals surface area contributed by atoms with Gasteiger partial charge in [-0.1, -0.05) is 35.9 Å². The molecule has 0 atom stereocenters. The van der Waals surface area contributed by atoms with E-state index < -0.39 is 11.9 Å². The molecule has 6 heteroatoms. The zero-order valence-electron chi connectivity index (χ0n) is 13.1. The fourth-order valence-electron chi connectivity index (χ4n) is 2.48. The number of ether oxygens (including phenoxy) is 1. The summed E-state index contributed by atoms with van der Waals surface area (Å²) in [6, 6.07) is 11.9. The van der Waals surface area contributed by atoms with Crippen LogP contribution in [-0.2, 0) is 4.74 Å². The van der Waals surface area contributed by atoms with Gasteiger partial charge in [0.2, 0.25) is 0 Å². The number of esters is 1. The number of rotatable bonds is 3. The molecule has 5 nitrogen and oxygen atoms in total. The van der Waals surface area contributed by atoms with Crippen LogP contribution in [0.4, 0.5) is 5.69 Å². The number of anilines is 1. The number of halogens is 1. The summed E-state index contributed by atoms with van der Waals surface area (Å²) in [6.07, 6.45) is 0. The van der Waals surface area contributed by atoms with Crippen molar-refractivity contribution in [3.05, 3.63) is 64.4 Å². The van der Waals surface area contributed by atoms with Gasteiger partial charge in [0.15, 0.2) is 11.3 Å². The highest BCUT2D eigenvalue weighted by Gasteiger charge is 2.21. The normalized spacial score (nSPS) is 10.6. The van der Waals surface area contributed by atoms with Crippen molar-refractivity contribution < 1.29 is 18.7 Å². The first-order chi connectivity index (χ1) is 11.5. The summed E-state index contributed by atoms with van der Waals surface area (Å²) < 4.78 is 10.4. The van der Waals surface area contributed by atoms with Crippen LogP contribution in [-0.4, -0.2) is 19.0 Å². The fraction of sp³-hybridized carbons (Fsp3) is 0.111. The highest BCUT2D eigenvalue weighted by Crippen LogP contribution is 2.31. The topological polar surface area (TPSA) is 68.5 Å². The molecule has 0 radical (unpaired) electrons. The van der Waals surface area contributed by atoms with Gasteiger partial charge in [0.05, 0.1) is 23.4 Å². The molecule has 1 amide bonds. The Hall–Kier alpha value is -2.79. The lowest BCUT2D eigenvalue weighted by atomic mass is 10.1. The van der Waals surface area contributed by atoms with E-state index in [9.17, 15) is 9.59 Å². The van der Waals surface area contributed by atoms with E-state index in [1.807, 2.05) is 6.07 Å². The van der Waals surface area contributed by atoms with Gasteiger partial charge in [0.25, 0.3) is 5.91 Å². The Morgan fingerprint density at radius 3 is 2.58 bits per heavy atom. The molecule has 3 rings (SSSR count). The minimum absolute atomic E-state index is 0.151. The van der Waals surface area contributed by atoms with Gasteiger partial charge in [0, 0.05) is 10.9 Å². The van der Waals surface area contributed by atoms with Crippen LogP contribution in [0.1, 0.15) is 26.5 Å². The zero-order valence-corrected chi connectivity index (χ0v) is 13.8. The summed E-state index contributed by atoms with van der Waals surface area (Å²) in [4.78, 5) is 24.4. The van der Waals surface area contributed by atoms with Crippen molar-refractivity contribution in [1.82, 2.24) is 0 Å². The van der Waals surface area contributed by atoms with Gasteiger partial charge in [-0.3, -0.25) is 4.79 Å². The Morgan fingerprint density at radius 2 is 1.88 bits per heavy atom. The smallest absolute Gasteiger partial charge is 0.339 e. The lowest BCUT2D eigenvalue weighted by Gasteiger charge is -2.08. The number of aryl methyl sites for hydroxylation is 1. The highest BCUT2D eigenvalue weighted by molar-refractivity contribution is 6.35. The first kappa shape index (κ1) is 16.1. The van der Waals surface area contributed by atoms with Gasteiger partial charge in [-0.2, -0.15) is 0 Å². The molecule has 1 N–H and O–H groups in total. The quantitative estimate of drug-likeness (QED) is 0.714. The van der Waals surface area contributed by atoms with Crippen LogP contribution < -0.4 is 5.32 Å². The fourth-order valence-corrected chi connectivity index (χ4v) is 2.70. The van der Waals surface area contributed by atoms with E-state index in [1.54, 1.807) is 43.3 Å². The van der Waals surface area contributed by atoms with E-state index in [2.05, 4.69) is 5.32 Å². The van der Waals surface area contributed by atoms with Crippen molar-refractivity contribution in [1.29, 1.82) is 0 Å². The standard InChI is InChI=1S/C18H14ClNO4/c1-10-11-7-5-8-13(19)16(11)24-15(10)17(21)20-14-9-4-3-6-12(14)18(22)23-2/h3-9H,1-2H3,(H,20,21). The summed E-state index contributed by atoms with van der Waals surface area (Å²) in [6.45, 7) is 1.78. The molecule has 1 aromatic heterocycles. The van der Waals surface area contributed by atoms with Gasteiger partial charge < -0.3 is 14.5 Å². The number of carbonyl (C=O) groups excluding carboxylic acids is 2. The molecule has 0 saturated carbocycles. The maximum atomic E-state index is 12.6. The number of fused-ring (bicyclic) bond motifs is 1. The number of furan rings is 1. The molecule has 0 spiro atoms. The number of hydrogen-bond acceptors (Lipinski definition) is 4. The van der Waals surface area contributed by atoms with Gasteiger partial charge in [-0.25, -0.2) is 4.79 Å². The Labute approximate surface area is 143 Å². The molecule has 0 unspecified atom stereocenters. The van der Waals surface area contributed by atoms with Crippen molar-refractivity contribution in [2.45, 2.75) is 6.92 Å². The van der Waals surface area contributed by atoms with Crippen molar-refractivity contribution in [2.75, 3.05) is 12.4 Å².